The third-order valence-corrected chi connectivity index (χ3v) is 3.00. The predicted octanol–water partition coefficient (Wildman–Crippen LogP) is 2.83. The molecule has 7 heteroatoms. The zero-order valence-corrected chi connectivity index (χ0v) is 10.8. The maximum atomic E-state index is 10.5. The summed E-state index contributed by atoms with van der Waals surface area (Å²) in [7, 11) is 1.62. The lowest BCUT2D eigenvalue weighted by molar-refractivity contribution is -0.404. The van der Waals surface area contributed by atoms with Gasteiger partial charge in [0, 0.05) is 19.2 Å². The minimum Gasteiger partial charge on any atom is -0.386 e. The van der Waals surface area contributed by atoms with Crippen molar-refractivity contribution >= 4 is 23.2 Å². The number of pyridine rings is 1. The fourth-order valence-electron chi connectivity index (χ4n) is 1.36. The van der Waals surface area contributed by atoms with Crippen LogP contribution in [0, 0.1) is 10.1 Å². The lowest BCUT2D eigenvalue weighted by Crippen LogP contribution is -2.14. The molecular weight excluding hydrogens is 265 g/mol. The SMILES string of the molecule is CN/C(=C/[N+](=O)[O-])C(C)c1cnc(Cl)c(Cl)c1. The van der Waals surface area contributed by atoms with Gasteiger partial charge in [-0.15, -0.1) is 0 Å². The van der Waals surface area contributed by atoms with E-state index in [9.17, 15) is 10.1 Å². The Morgan fingerprint density at radius 2 is 2.29 bits per heavy atom. The van der Waals surface area contributed by atoms with E-state index in [0.29, 0.717) is 10.7 Å². The van der Waals surface area contributed by atoms with Crippen LogP contribution in [0.5, 0.6) is 0 Å². The van der Waals surface area contributed by atoms with Gasteiger partial charge in [0.25, 0.3) is 6.20 Å². The van der Waals surface area contributed by atoms with E-state index in [4.69, 9.17) is 23.2 Å². The van der Waals surface area contributed by atoms with Gasteiger partial charge in [0.15, 0.2) is 0 Å². The van der Waals surface area contributed by atoms with Crippen molar-refractivity contribution in [3.05, 3.63) is 50.0 Å². The van der Waals surface area contributed by atoms with E-state index in [1.165, 1.54) is 0 Å². The number of nitrogens with zero attached hydrogens (tertiary/aromatic N) is 2. The van der Waals surface area contributed by atoms with Gasteiger partial charge in [0.05, 0.1) is 15.6 Å². The van der Waals surface area contributed by atoms with Crippen LogP contribution >= 0.6 is 23.2 Å². The van der Waals surface area contributed by atoms with E-state index in [1.54, 1.807) is 19.3 Å². The Balaban J connectivity index is 3.06. The van der Waals surface area contributed by atoms with Gasteiger partial charge >= 0.3 is 0 Å². The number of aromatic nitrogens is 1. The van der Waals surface area contributed by atoms with Crippen LogP contribution in [-0.4, -0.2) is 17.0 Å². The van der Waals surface area contributed by atoms with E-state index >= 15 is 0 Å². The van der Waals surface area contributed by atoms with Gasteiger partial charge in [-0.25, -0.2) is 4.98 Å². The van der Waals surface area contributed by atoms with Gasteiger partial charge < -0.3 is 5.32 Å². The van der Waals surface area contributed by atoms with Crippen molar-refractivity contribution in [2.45, 2.75) is 12.8 Å². The summed E-state index contributed by atoms with van der Waals surface area (Å²) in [4.78, 5) is 13.8. The van der Waals surface area contributed by atoms with Crippen molar-refractivity contribution in [1.82, 2.24) is 10.3 Å². The Hall–Kier alpha value is -1.33. The molecule has 0 radical (unpaired) electrons. The zero-order chi connectivity index (χ0) is 13.0. The van der Waals surface area contributed by atoms with Crippen LogP contribution < -0.4 is 5.32 Å². The Kier molecular flexibility index (Phi) is 4.72. The summed E-state index contributed by atoms with van der Waals surface area (Å²) in [5.74, 6) is -0.215. The summed E-state index contributed by atoms with van der Waals surface area (Å²) < 4.78 is 0. The highest BCUT2D eigenvalue weighted by atomic mass is 35.5. The molecule has 0 fully saturated rings. The van der Waals surface area contributed by atoms with Crippen molar-refractivity contribution in [3.8, 4) is 0 Å². The Labute approximate surface area is 109 Å². The molecule has 0 saturated heterocycles. The Morgan fingerprint density at radius 1 is 1.65 bits per heavy atom. The largest absolute Gasteiger partial charge is 0.386 e. The summed E-state index contributed by atoms with van der Waals surface area (Å²) in [5.41, 5.74) is 1.22. The molecule has 0 spiro atoms. The molecule has 1 rings (SSSR count). The molecule has 1 aromatic rings. The van der Waals surface area contributed by atoms with E-state index in [2.05, 4.69) is 10.3 Å². The molecule has 0 aromatic carbocycles. The topological polar surface area (TPSA) is 68.1 Å². The van der Waals surface area contributed by atoms with Crippen molar-refractivity contribution in [2.75, 3.05) is 7.05 Å². The molecule has 1 unspecified atom stereocenters. The standard InChI is InChI=1S/C10H11Cl2N3O2/c1-6(9(13-2)5-15(16)17)7-3-8(11)10(12)14-4-7/h3-6,13H,1-2H3/b9-5+. The van der Waals surface area contributed by atoms with Gasteiger partial charge in [0.1, 0.15) is 5.15 Å². The fraction of sp³-hybridized carbons (Fsp3) is 0.300. The van der Waals surface area contributed by atoms with Crippen molar-refractivity contribution < 1.29 is 4.92 Å². The quantitative estimate of drug-likeness (QED) is 0.521. The molecule has 17 heavy (non-hydrogen) atoms. The Bertz CT molecular complexity index is 463. The van der Waals surface area contributed by atoms with Crippen molar-refractivity contribution in [1.29, 1.82) is 0 Å². The number of hydrogen-bond acceptors (Lipinski definition) is 4. The highest BCUT2D eigenvalue weighted by molar-refractivity contribution is 6.41. The van der Waals surface area contributed by atoms with Crippen molar-refractivity contribution in [3.63, 3.8) is 0 Å². The first-order valence-electron chi connectivity index (χ1n) is 4.79. The van der Waals surface area contributed by atoms with Crippen LogP contribution in [-0.2, 0) is 0 Å². The maximum Gasteiger partial charge on any atom is 0.253 e. The minimum absolute atomic E-state index is 0.215. The summed E-state index contributed by atoms with van der Waals surface area (Å²) >= 11 is 11.5. The number of hydrogen-bond donors (Lipinski definition) is 1. The third kappa shape index (κ3) is 3.57. The monoisotopic (exact) mass is 275 g/mol. The molecule has 1 atom stereocenters. The van der Waals surface area contributed by atoms with Crippen LogP contribution in [0.2, 0.25) is 10.2 Å². The normalized spacial score (nSPS) is 13.3. The number of nitro groups is 1. The molecule has 0 amide bonds. The first-order valence-corrected chi connectivity index (χ1v) is 5.55. The summed E-state index contributed by atoms with van der Waals surface area (Å²) in [6.45, 7) is 1.81. The van der Waals surface area contributed by atoms with Crippen LogP contribution in [0.15, 0.2) is 24.2 Å². The van der Waals surface area contributed by atoms with Gasteiger partial charge in [-0.05, 0) is 11.6 Å². The molecule has 1 aromatic heterocycles. The van der Waals surface area contributed by atoms with Gasteiger partial charge in [0.2, 0.25) is 0 Å². The number of allylic oxidation sites excluding steroid dienone is 1. The van der Waals surface area contributed by atoms with Gasteiger partial charge in [-0.1, -0.05) is 30.1 Å². The summed E-state index contributed by atoms with van der Waals surface area (Å²) in [6.07, 6.45) is 2.47. The van der Waals surface area contributed by atoms with Crippen LogP contribution in [0.4, 0.5) is 0 Å². The van der Waals surface area contributed by atoms with Crippen LogP contribution in [0.3, 0.4) is 0 Å². The predicted molar refractivity (Wildman–Crippen MR) is 66.8 cm³/mol. The minimum atomic E-state index is -0.507. The Morgan fingerprint density at radius 3 is 2.76 bits per heavy atom. The molecule has 92 valence electrons. The van der Waals surface area contributed by atoms with Gasteiger partial charge in [-0.2, -0.15) is 0 Å². The number of rotatable bonds is 4. The molecule has 0 aliphatic carbocycles. The lowest BCUT2D eigenvalue weighted by atomic mass is 10.00. The highest BCUT2D eigenvalue weighted by Crippen LogP contribution is 2.27. The molecule has 0 bridgehead atoms. The molecule has 5 nitrogen and oxygen atoms in total. The van der Waals surface area contributed by atoms with Crippen molar-refractivity contribution in [2.24, 2.45) is 0 Å². The smallest absolute Gasteiger partial charge is 0.253 e. The number of halogens is 2. The third-order valence-electron chi connectivity index (χ3n) is 2.32. The molecule has 0 aliphatic heterocycles. The average molecular weight is 276 g/mol. The summed E-state index contributed by atoms with van der Waals surface area (Å²) in [6, 6.07) is 1.65. The van der Waals surface area contributed by atoms with E-state index in [0.717, 1.165) is 11.8 Å². The first kappa shape index (κ1) is 13.7. The lowest BCUT2D eigenvalue weighted by Gasteiger charge is -2.13. The molecule has 1 N–H and O–H groups in total. The molecule has 0 aliphatic rings. The molecule has 1 heterocycles. The second kappa shape index (κ2) is 5.84. The van der Waals surface area contributed by atoms with E-state index in [-0.39, 0.29) is 11.1 Å². The summed E-state index contributed by atoms with van der Waals surface area (Å²) in [5, 5.41) is 13.8. The number of likely N-dealkylation sites (N-methyl/N-ethyl adjacent to an activating group) is 1. The highest BCUT2D eigenvalue weighted by Gasteiger charge is 2.15. The van der Waals surface area contributed by atoms with Gasteiger partial charge in [-0.3, -0.25) is 10.1 Å². The zero-order valence-electron chi connectivity index (χ0n) is 9.28. The second-order valence-electron chi connectivity index (χ2n) is 3.38. The average Bonchev–Trinajstić information content (AvgIpc) is 2.28. The molecular formula is C10H11Cl2N3O2. The number of nitrogens with one attached hydrogen (secondary N) is 1. The molecule has 0 saturated carbocycles. The van der Waals surface area contributed by atoms with Crippen LogP contribution in [0.25, 0.3) is 0 Å². The fourth-order valence-corrected chi connectivity index (χ4v) is 1.64. The maximum absolute atomic E-state index is 10.5. The van der Waals surface area contributed by atoms with E-state index in [1.807, 2.05) is 6.92 Å². The van der Waals surface area contributed by atoms with Crippen LogP contribution in [0.1, 0.15) is 18.4 Å². The second-order valence-corrected chi connectivity index (χ2v) is 4.15. The van der Waals surface area contributed by atoms with E-state index < -0.39 is 4.92 Å². The first-order chi connectivity index (χ1) is 7.95.